The number of hydrogen-bond donors (Lipinski definition) is 0. The van der Waals surface area contributed by atoms with E-state index in [-0.39, 0.29) is 6.04 Å². The van der Waals surface area contributed by atoms with E-state index in [1.807, 2.05) is 11.3 Å². The minimum Gasteiger partial charge on any atom is -0.333 e. The Morgan fingerprint density at radius 3 is 1.88 bits per heavy atom. The molecule has 1 aliphatic rings. The Morgan fingerprint density at radius 2 is 1.08 bits per heavy atom. The molecule has 242 valence electrons. The summed E-state index contributed by atoms with van der Waals surface area (Å²) in [7, 11) is 0. The van der Waals surface area contributed by atoms with Crippen LogP contribution in [0.4, 0.5) is 11.4 Å². The summed E-state index contributed by atoms with van der Waals surface area (Å²) in [5.41, 5.74) is 12.2. The molecular weight excluding hydrogens is 637 g/mol. The van der Waals surface area contributed by atoms with Crippen LogP contribution in [0.2, 0.25) is 0 Å². The van der Waals surface area contributed by atoms with E-state index < -0.39 is 0 Å². The number of benzene rings is 7. The van der Waals surface area contributed by atoms with Gasteiger partial charge in [-0.15, -0.1) is 11.3 Å². The average molecular weight is 671 g/mol. The van der Waals surface area contributed by atoms with E-state index in [1.165, 1.54) is 81.6 Å². The number of thiophene rings is 1. The van der Waals surface area contributed by atoms with Gasteiger partial charge in [0.15, 0.2) is 0 Å². The number of hydrogen-bond acceptors (Lipinski definition) is 2. The highest BCUT2D eigenvalue weighted by Crippen LogP contribution is 2.47. The van der Waals surface area contributed by atoms with E-state index in [1.54, 1.807) is 0 Å². The first-order chi connectivity index (χ1) is 25.3. The van der Waals surface area contributed by atoms with Crippen LogP contribution in [0.25, 0.3) is 65.9 Å². The van der Waals surface area contributed by atoms with Crippen LogP contribution in [0.5, 0.6) is 0 Å². The van der Waals surface area contributed by atoms with E-state index in [2.05, 4.69) is 198 Å². The van der Waals surface area contributed by atoms with Crippen molar-refractivity contribution in [2.75, 3.05) is 4.90 Å². The van der Waals surface area contributed by atoms with Crippen LogP contribution in [0.15, 0.2) is 182 Å². The van der Waals surface area contributed by atoms with Gasteiger partial charge in [0.05, 0.1) is 17.1 Å². The monoisotopic (exact) mass is 670 g/mol. The molecule has 51 heavy (non-hydrogen) atoms. The van der Waals surface area contributed by atoms with Crippen molar-refractivity contribution < 1.29 is 0 Å². The number of para-hydroxylation sites is 2. The van der Waals surface area contributed by atoms with E-state index >= 15 is 0 Å². The summed E-state index contributed by atoms with van der Waals surface area (Å²) in [5, 5.41) is 3.87. The third-order valence-electron chi connectivity index (χ3n) is 10.3. The molecule has 0 radical (unpaired) electrons. The zero-order valence-corrected chi connectivity index (χ0v) is 28.8. The number of nitrogens with zero attached hydrogens (tertiary/aromatic N) is 2. The summed E-state index contributed by atoms with van der Waals surface area (Å²) >= 11 is 1.93. The molecule has 1 aliphatic carbocycles. The summed E-state index contributed by atoms with van der Waals surface area (Å²) in [6.45, 7) is 0. The highest BCUT2D eigenvalue weighted by molar-refractivity contribution is 7.19. The lowest BCUT2D eigenvalue weighted by Crippen LogP contribution is -2.24. The molecule has 0 spiro atoms. The molecule has 1 unspecified atom stereocenters. The summed E-state index contributed by atoms with van der Waals surface area (Å²) in [6, 6.07) is 64.3. The zero-order valence-electron chi connectivity index (χ0n) is 28.0. The third kappa shape index (κ3) is 5.09. The molecule has 0 bridgehead atoms. The predicted molar refractivity (Wildman–Crippen MR) is 218 cm³/mol. The highest BCUT2D eigenvalue weighted by atomic mass is 32.1. The maximum absolute atomic E-state index is 2.53. The van der Waals surface area contributed by atoms with Gasteiger partial charge in [-0.05, 0) is 94.9 Å². The predicted octanol–water partition coefficient (Wildman–Crippen LogP) is 13.6. The molecule has 0 amide bonds. The SMILES string of the molecule is C1=Cc2c(sc3ccccc23)C(N(c2ccccc2)c2ccc(-c3ccc4c(c3)c3ccccc3n4-c3ccc(-c4ccccc4)cc3)cc2)C1. The zero-order chi connectivity index (χ0) is 33.7. The lowest BCUT2D eigenvalue weighted by Gasteiger charge is -2.35. The number of aromatic nitrogens is 1. The van der Waals surface area contributed by atoms with E-state index in [0.717, 1.165) is 6.42 Å². The maximum atomic E-state index is 2.53. The molecule has 0 saturated heterocycles. The second kappa shape index (κ2) is 12.3. The van der Waals surface area contributed by atoms with Gasteiger partial charge in [-0.2, -0.15) is 0 Å². The molecule has 10 rings (SSSR count). The van der Waals surface area contributed by atoms with Crippen LogP contribution >= 0.6 is 11.3 Å². The van der Waals surface area contributed by atoms with Gasteiger partial charge < -0.3 is 9.47 Å². The Bertz CT molecular complexity index is 2700. The van der Waals surface area contributed by atoms with Crippen LogP contribution in [0.1, 0.15) is 22.9 Å². The first kappa shape index (κ1) is 29.7. The van der Waals surface area contributed by atoms with Crippen molar-refractivity contribution in [3.05, 3.63) is 192 Å². The van der Waals surface area contributed by atoms with Crippen molar-refractivity contribution in [3.8, 4) is 27.9 Å². The molecular formula is C48H34N2S. The van der Waals surface area contributed by atoms with Crippen molar-refractivity contribution in [2.45, 2.75) is 12.5 Å². The lowest BCUT2D eigenvalue weighted by atomic mass is 9.96. The van der Waals surface area contributed by atoms with Crippen molar-refractivity contribution >= 4 is 60.7 Å². The number of fused-ring (bicyclic) bond motifs is 6. The second-order valence-corrected chi connectivity index (χ2v) is 14.4. The van der Waals surface area contributed by atoms with Gasteiger partial charge in [0, 0.05) is 42.8 Å². The Balaban J connectivity index is 1.03. The van der Waals surface area contributed by atoms with Crippen LogP contribution in [0.3, 0.4) is 0 Å². The van der Waals surface area contributed by atoms with Crippen LogP contribution in [-0.2, 0) is 0 Å². The molecule has 2 nitrogen and oxygen atoms in total. The summed E-state index contributed by atoms with van der Waals surface area (Å²) in [6.07, 6.45) is 5.63. The van der Waals surface area contributed by atoms with Gasteiger partial charge in [0.25, 0.3) is 0 Å². The van der Waals surface area contributed by atoms with Gasteiger partial charge in [0.2, 0.25) is 0 Å². The molecule has 0 aliphatic heterocycles. The normalized spacial score (nSPS) is 13.9. The van der Waals surface area contributed by atoms with Crippen LogP contribution in [-0.4, -0.2) is 4.57 Å². The van der Waals surface area contributed by atoms with E-state index in [0.29, 0.717) is 0 Å². The molecule has 1 atom stereocenters. The maximum Gasteiger partial charge on any atom is 0.0725 e. The first-order valence-corrected chi connectivity index (χ1v) is 18.4. The Kier molecular flexibility index (Phi) is 7.18. The number of anilines is 2. The first-order valence-electron chi connectivity index (χ1n) is 17.6. The Hall–Kier alpha value is -6.16. The number of rotatable bonds is 6. The van der Waals surface area contributed by atoms with Crippen molar-refractivity contribution in [1.29, 1.82) is 0 Å². The van der Waals surface area contributed by atoms with Gasteiger partial charge in [0.1, 0.15) is 0 Å². The van der Waals surface area contributed by atoms with Gasteiger partial charge >= 0.3 is 0 Å². The summed E-state index contributed by atoms with van der Waals surface area (Å²) in [4.78, 5) is 3.96. The fourth-order valence-electron chi connectivity index (χ4n) is 7.92. The van der Waals surface area contributed by atoms with Gasteiger partial charge in [-0.1, -0.05) is 127 Å². The molecule has 0 saturated carbocycles. The molecule has 9 aromatic rings. The molecule has 0 N–H and O–H groups in total. The Morgan fingerprint density at radius 1 is 0.490 bits per heavy atom. The van der Waals surface area contributed by atoms with Crippen molar-refractivity contribution in [1.82, 2.24) is 4.57 Å². The highest BCUT2D eigenvalue weighted by Gasteiger charge is 2.28. The van der Waals surface area contributed by atoms with Crippen molar-refractivity contribution in [3.63, 3.8) is 0 Å². The molecule has 2 aromatic heterocycles. The molecule has 7 aromatic carbocycles. The smallest absolute Gasteiger partial charge is 0.0725 e. The molecule has 3 heteroatoms. The minimum atomic E-state index is 0.222. The quantitative estimate of drug-likeness (QED) is 0.171. The average Bonchev–Trinajstić information content (AvgIpc) is 3.75. The van der Waals surface area contributed by atoms with Crippen LogP contribution in [0, 0.1) is 0 Å². The standard InChI is InChI=1S/C48H34N2S/c1-3-12-33(13-4-1)34-22-29-39(30-23-34)50-44-19-9-7-16-40(44)43-32-36(26-31-45(43)50)35-24-27-38(28-25-35)49(37-14-5-2-6-15-37)46-20-11-18-42-41-17-8-10-21-47(41)51-48(42)46/h1-19,21-32,46H,20H2. The van der Waals surface area contributed by atoms with E-state index in [4.69, 9.17) is 0 Å². The molecule has 0 fully saturated rings. The Labute approximate surface area is 301 Å². The van der Waals surface area contributed by atoms with Gasteiger partial charge in [-0.3, -0.25) is 0 Å². The largest absolute Gasteiger partial charge is 0.333 e. The summed E-state index contributed by atoms with van der Waals surface area (Å²) in [5.74, 6) is 0. The van der Waals surface area contributed by atoms with E-state index in [9.17, 15) is 0 Å². The minimum absolute atomic E-state index is 0.222. The summed E-state index contributed by atoms with van der Waals surface area (Å²) < 4.78 is 3.74. The fourth-order valence-corrected chi connectivity index (χ4v) is 9.22. The molecule has 2 heterocycles. The van der Waals surface area contributed by atoms with Crippen LogP contribution < -0.4 is 4.90 Å². The lowest BCUT2D eigenvalue weighted by molar-refractivity contribution is 0.717. The van der Waals surface area contributed by atoms with Gasteiger partial charge in [-0.25, -0.2) is 0 Å². The third-order valence-corrected chi connectivity index (χ3v) is 11.6. The second-order valence-electron chi connectivity index (χ2n) is 13.3. The van der Waals surface area contributed by atoms with Crippen molar-refractivity contribution in [2.24, 2.45) is 0 Å². The topological polar surface area (TPSA) is 8.17 Å². The fraction of sp³-hybridized carbons (Fsp3) is 0.0417.